The normalized spacial score (nSPS) is 11.8. The van der Waals surface area contributed by atoms with Crippen LogP contribution in [0.15, 0.2) is 47.5 Å². The van der Waals surface area contributed by atoms with Crippen molar-refractivity contribution in [3.8, 4) is 11.1 Å². The minimum Gasteiger partial charge on any atom is -0.444 e. The molecule has 1 heterocycles. The molecule has 0 spiro atoms. The summed E-state index contributed by atoms with van der Waals surface area (Å²) in [5.41, 5.74) is 0.612. The molecule has 7 heteroatoms. The lowest BCUT2D eigenvalue weighted by Crippen LogP contribution is -2.27. The third kappa shape index (κ3) is 4.79. The summed E-state index contributed by atoms with van der Waals surface area (Å²) in [6, 6.07) is 10.00. The van der Waals surface area contributed by atoms with Gasteiger partial charge >= 0.3 is 6.09 Å². The molecule has 0 bridgehead atoms. The largest absolute Gasteiger partial charge is 0.444 e. The molecule has 2 aromatic rings. The molecule has 0 fully saturated rings. The quantitative estimate of drug-likeness (QED) is 0.917. The van der Waals surface area contributed by atoms with Crippen LogP contribution < -0.4 is 5.32 Å². The van der Waals surface area contributed by atoms with Crippen LogP contribution in [-0.4, -0.2) is 31.4 Å². The highest BCUT2D eigenvalue weighted by Crippen LogP contribution is 2.27. The summed E-state index contributed by atoms with van der Waals surface area (Å²) in [4.78, 5) is 16.1. The number of benzene rings is 1. The third-order valence-electron chi connectivity index (χ3n) is 2.99. The Morgan fingerprint density at radius 2 is 1.79 bits per heavy atom. The van der Waals surface area contributed by atoms with E-state index < -0.39 is 21.5 Å². The number of pyridine rings is 1. The summed E-state index contributed by atoms with van der Waals surface area (Å²) in [6.45, 7) is 5.31. The molecule has 0 atom stereocenters. The second-order valence-corrected chi connectivity index (χ2v) is 8.31. The van der Waals surface area contributed by atoms with Crippen molar-refractivity contribution in [2.75, 3.05) is 11.6 Å². The maximum Gasteiger partial charge on any atom is 0.413 e. The molecule has 0 radical (unpaired) electrons. The molecule has 1 aromatic carbocycles. The van der Waals surface area contributed by atoms with E-state index in [9.17, 15) is 13.2 Å². The van der Waals surface area contributed by atoms with Crippen LogP contribution in [0.2, 0.25) is 0 Å². The maximum absolute atomic E-state index is 11.9. The smallest absolute Gasteiger partial charge is 0.413 e. The first kappa shape index (κ1) is 17.9. The van der Waals surface area contributed by atoms with Crippen LogP contribution in [0.1, 0.15) is 20.8 Å². The molecule has 1 aromatic heterocycles. The van der Waals surface area contributed by atoms with E-state index >= 15 is 0 Å². The van der Waals surface area contributed by atoms with Gasteiger partial charge in [-0.05, 0) is 39.0 Å². The van der Waals surface area contributed by atoms with Crippen molar-refractivity contribution in [3.63, 3.8) is 0 Å². The Kier molecular flexibility index (Phi) is 4.94. The maximum atomic E-state index is 11.9. The Hall–Kier alpha value is -2.41. The summed E-state index contributed by atoms with van der Waals surface area (Å²) in [6.07, 6.45) is 2.08. The highest BCUT2D eigenvalue weighted by Gasteiger charge is 2.17. The van der Waals surface area contributed by atoms with Crippen LogP contribution in [0.25, 0.3) is 11.1 Å². The summed E-state index contributed by atoms with van der Waals surface area (Å²) >= 11 is 0. The number of hydrogen-bond acceptors (Lipinski definition) is 5. The fourth-order valence-electron chi connectivity index (χ4n) is 2.06. The van der Waals surface area contributed by atoms with Gasteiger partial charge in [-0.3, -0.25) is 5.32 Å². The van der Waals surface area contributed by atoms with Gasteiger partial charge in [0.2, 0.25) is 0 Å². The lowest BCUT2D eigenvalue weighted by Gasteiger charge is -2.19. The van der Waals surface area contributed by atoms with Crippen molar-refractivity contribution in [2.24, 2.45) is 0 Å². The number of ether oxygens (including phenoxy) is 1. The third-order valence-corrected chi connectivity index (χ3v) is 4.14. The monoisotopic (exact) mass is 348 g/mol. The second kappa shape index (κ2) is 6.60. The van der Waals surface area contributed by atoms with Crippen LogP contribution in [-0.2, 0) is 14.6 Å². The standard InChI is InChI=1S/C17H20N2O4S/c1-17(2,3)23-16(20)19-15-10-9-12(11-18-15)13-7-5-6-8-14(13)24(4,21)22/h5-11H,1-4H3,(H,18,19,20). The number of anilines is 1. The highest BCUT2D eigenvalue weighted by molar-refractivity contribution is 7.90. The van der Waals surface area contributed by atoms with E-state index in [-0.39, 0.29) is 4.90 Å². The number of nitrogens with zero attached hydrogens (tertiary/aromatic N) is 1. The molecule has 1 amide bonds. The van der Waals surface area contributed by atoms with Gasteiger partial charge in [0.15, 0.2) is 9.84 Å². The molecular weight excluding hydrogens is 328 g/mol. The highest BCUT2D eigenvalue weighted by atomic mass is 32.2. The molecule has 0 unspecified atom stereocenters. The van der Waals surface area contributed by atoms with Crippen molar-refractivity contribution < 1.29 is 17.9 Å². The number of rotatable bonds is 3. The van der Waals surface area contributed by atoms with E-state index in [0.29, 0.717) is 16.9 Å². The average Bonchev–Trinajstić information content (AvgIpc) is 2.45. The van der Waals surface area contributed by atoms with Crippen molar-refractivity contribution in [2.45, 2.75) is 31.3 Å². The van der Waals surface area contributed by atoms with Crippen molar-refractivity contribution >= 4 is 21.7 Å². The van der Waals surface area contributed by atoms with Gasteiger partial charge in [0.1, 0.15) is 11.4 Å². The zero-order valence-electron chi connectivity index (χ0n) is 14.0. The molecular formula is C17H20N2O4S. The predicted molar refractivity (Wildman–Crippen MR) is 92.6 cm³/mol. The zero-order chi connectivity index (χ0) is 18.0. The van der Waals surface area contributed by atoms with Crippen LogP contribution in [0.3, 0.4) is 0 Å². The Bertz CT molecular complexity index is 838. The molecule has 0 saturated carbocycles. The van der Waals surface area contributed by atoms with E-state index in [1.54, 1.807) is 57.2 Å². The van der Waals surface area contributed by atoms with E-state index in [2.05, 4.69) is 10.3 Å². The van der Waals surface area contributed by atoms with Crippen LogP contribution >= 0.6 is 0 Å². The van der Waals surface area contributed by atoms with Gasteiger partial charge in [-0.25, -0.2) is 18.2 Å². The number of carbonyl (C=O) groups is 1. The van der Waals surface area contributed by atoms with Gasteiger partial charge < -0.3 is 4.74 Å². The Labute approximate surface area is 141 Å². The fraction of sp³-hybridized carbons (Fsp3) is 0.294. The first-order valence-corrected chi connectivity index (χ1v) is 9.21. The summed E-state index contributed by atoms with van der Waals surface area (Å²) < 4.78 is 28.9. The number of hydrogen-bond donors (Lipinski definition) is 1. The molecule has 0 saturated heterocycles. The number of carbonyl (C=O) groups excluding carboxylic acids is 1. The van der Waals surface area contributed by atoms with Gasteiger partial charge in [0.25, 0.3) is 0 Å². The Morgan fingerprint density at radius 3 is 2.33 bits per heavy atom. The van der Waals surface area contributed by atoms with Crippen LogP contribution in [0.5, 0.6) is 0 Å². The molecule has 1 N–H and O–H groups in total. The van der Waals surface area contributed by atoms with Crippen LogP contribution in [0, 0.1) is 0 Å². The van der Waals surface area contributed by atoms with E-state index in [0.717, 1.165) is 6.26 Å². The van der Waals surface area contributed by atoms with E-state index in [4.69, 9.17) is 4.74 Å². The average molecular weight is 348 g/mol. The number of aromatic nitrogens is 1. The Balaban J connectivity index is 2.24. The van der Waals surface area contributed by atoms with Gasteiger partial charge in [-0.15, -0.1) is 0 Å². The van der Waals surface area contributed by atoms with Gasteiger partial charge in [0.05, 0.1) is 4.90 Å². The SMILES string of the molecule is CC(C)(C)OC(=O)Nc1ccc(-c2ccccc2S(C)(=O)=O)cn1. The fourth-order valence-corrected chi connectivity index (χ4v) is 2.97. The first-order valence-electron chi connectivity index (χ1n) is 7.32. The minimum atomic E-state index is -3.35. The molecule has 24 heavy (non-hydrogen) atoms. The van der Waals surface area contributed by atoms with Gasteiger partial charge in [0, 0.05) is 23.6 Å². The molecule has 2 rings (SSSR count). The number of nitrogens with one attached hydrogen (secondary N) is 1. The summed E-state index contributed by atoms with van der Waals surface area (Å²) in [5, 5.41) is 2.53. The molecule has 0 aliphatic carbocycles. The number of sulfone groups is 1. The topological polar surface area (TPSA) is 85.4 Å². The molecule has 0 aliphatic heterocycles. The van der Waals surface area contributed by atoms with Gasteiger partial charge in [-0.2, -0.15) is 0 Å². The van der Waals surface area contributed by atoms with E-state index in [1.807, 2.05) is 0 Å². The minimum absolute atomic E-state index is 0.236. The predicted octanol–water partition coefficient (Wildman–Crippen LogP) is 3.50. The van der Waals surface area contributed by atoms with Crippen molar-refractivity contribution in [1.82, 2.24) is 4.98 Å². The van der Waals surface area contributed by atoms with E-state index in [1.165, 1.54) is 6.20 Å². The van der Waals surface area contributed by atoms with Crippen molar-refractivity contribution in [1.29, 1.82) is 0 Å². The first-order chi connectivity index (χ1) is 11.1. The molecule has 6 nitrogen and oxygen atoms in total. The summed E-state index contributed by atoms with van der Waals surface area (Å²) in [7, 11) is -3.35. The number of amides is 1. The second-order valence-electron chi connectivity index (χ2n) is 6.33. The Morgan fingerprint density at radius 1 is 1.12 bits per heavy atom. The summed E-state index contributed by atoms with van der Waals surface area (Å²) in [5.74, 6) is 0.324. The van der Waals surface area contributed by atoms with Crippen LogP contribution in [0.4, 0.5) is 10.6 Å². The molecule has 0 aliphatic rings. The lowest BCUT2D eigenvalue weighted by molar-refractivity contribution is 0.0635. The van der Waals surface area contributed by atoms with Crippen molar-refractivity contribution in [3.05, 3.63) is 42.6 Å². The molecule has 128 valence electrons. The zero-order valence-corrected chi connectivity index (χ0v) is 14.8. The lowest BCUT2D eigenvalue weighted by atomic mass is 10.1. The van der Waals surface area contributed by atoms with Gasteiger partial charge in [-0.1, -0.05) is 18.2 Å².